The van der Waals surface area contributed by atoms with Gasteiger partial charge in [-0.05, 0) is 38.1 Å². The molecule has 0 aliphatic carbocycles. The Hall–Kier alpha value is -1.88. The van der Waals surface area contributed by atoms with Crippen LogP contribution in [0.1, 0.15) is 33.7 Å². The minimum absolute atomic E-state index is 0.0882. The van der Waals surface area contributed by atoms with E-state index in [1.165, 1.54) is 6.08 Å². The van der Waals surface area contributed by atoms with Gasteiger partial charge in [-0.25, -0.2) is 0 Å². The second kappa shape index (κ2) is 4.35. The zero-order chi connectivity index (χ0) is 13.5. The van der Waals surface area contributed by atoms with E-state index < -0.39 is 0 Å². The summed E-state index contributed by atoms with van der Waals surface area (Å²) in [7, 11) is 0. The molecule has 1 aromatic rings. The lowest BCUT2D eigenvalue weighted by molar-refractivity contribution is 0.0902. The average Bonchev–Trinajstić information content (AvgIpc) is 2.90. The number of carbonyl (C=O) groups excluding carboxylic acids is 2. The molecule has 1 fully saturated rings. The van der Waals surface area contributed by atoms with Crippen LogP contribution in [0.5, 0.6) is 0 Å². The van der Waals surface area contributed by atoms with E-state index in [2.05, 4.69) is 17.2 Å². The highest BCUT2D eigenvalue weighted by atomic mass is 16.2. The first-order valence-electron chi connectivity index (χ1n) is 6.55. The molecule has 0 aromatic carbocycles. The van der Waals surface area contributed by atoms with Gasteiger partial charge in [0.2, 0.25) is 0 Å². The molecule has 1 spiro atoms. The van der Waals surface area contributed by atoms with E-state index in [0.717, 1.165) is 31.6 Å². The third-order valence-corrected chi connectivity index (χ3v) is 4.19. The van der Waals surface area contributed by atoms with E-state index in [0.29, 0.717) is 12.1 Å². The van der Waals surface area contributed by atoms with E-state index in [4.69, 9.17) is 0 Å². The van der Waals surface area contributed by atoms with Gasteiger partial charge in [0.25, 0.3) is 11.8 Å². The molecule has 1 aromatic heterocycles. The van der Waals surface area contributed by atoms with Crippen LogP contribution in [-0.4, -0.2) is 36.0 Å². The van der Waals surface area contributed by atoms with Gasteiger partial charge in [-0.1, -0.05) is 6.58 Å². The summed E-state index contributed by atoms with van der Waals surface area (Å²) in [5.74, 6) is -0.261. The van der Waals surface area contributed by atoms with E-state index in [1.54, 1.807) is 16.8 Å². The van der Waals surface area contributed by atoms with Crippen molar-refractivity contribution in [2.24, 2.45) is 0 Å². The SMILES string of the molecule is C=CC(=O)n1ccc2c1C1(CCNCC1)CNC2=O. The zero-order valence-electron chi connectivity index (χ0n) is 10.7. The smallest absolute Gasteiger partial charge is 0.254 e. The third kappa shape index (κ3) is 1.73. The summed E-state index contributed by atoms with van der Waals surface area (Å²) in [6.45, 7) is 5.95. The molecule has 2 N–H and O–H groups in total. The first kappa shape index (κ1) is 12.2. The fourth-order valence-corrected chi connectivity index (χ4v) is 3.19. The second-order valence-corrected chi connectivity index (χ2v) is 5.20. The Balaban J connectivity index is 2.16. The maximum absolute atomic E-state index is 12.0. The lowest BCUT2D eigenvalue weighted by atomic mass is 9.72. The van der Waals surface area contributed by atoms with Gasteiger partial charge in [-0.2, -0.15) is 0 Å². The number of rotatable bonds is 1. The van der Waals surface area contributed by atoms with Crippen LogP contribution < -0.4 is 10.6 Å². The summed E-state index contributed by atoms with van der Waals surface area (Å²) in [4.78, 5) is 23.9. The van der Waals surface area contributed by atoms with Crippen LogP contribution in [-0.2, 0) is 5.41 Å². The molecular weight excluding hydrogens is 242 g/mol. The minimum Gasteiger partial charge on any atom is -0.351 e. The van der Waals surface area contributed by atoms with Gasteiger partial charge in [0.05, 0.1) is 5.56 Å². The first-order chi connectivity index (χ1) is 9.18. The Morgan fingerprint density at radius 3 is 2.84 bits per heavy atom. The quantitative estimate of drug-likeness (QED) is 0.729. The van der Waals surface area contributed by atoms with Crippen LogP contribution in [0.15, 0.2) is 24.9 Å². The molecule has 2 aliphatic heterocycles. The molecule has 0 radical (unpaired) electrons. The van der Waals surface area contributed by atoms with Crippen molar-refractivity contribution >= 4 is 11.8 Å². The van der Waals surface area contributed by atoms with Crippen LogP contribution >= 0.6 is 0 Å². The number of hydrogen-bond donors (Lipinski definition) is 2. The highest BCUT2D eigenvalue weighted by Crippen LogP contribution is 2.38. The summed E-state index contributed by atoms with van der Waals surface area (Å²) in [6.07, 6.45) is 4.83. The molecule has 3 rings (SSSR count). The van der Waals surface area contributed by atoms with Crippen LogP contribution in [0, 0.1) is 0 Å². The Bertz CT molecular complexity index is 553. The standard InChI is InChI=1S/C14H17N3O2/c1-2-11(18)17-8-3-10-12(17)14(9-16-13(10)19)4-6-15-7-5-14/h2-3,8,15H,1,4-7,9H2,(H,16,19). The highest BCUT2D eigenvalue weighted by molar-refractivity contribution is 6.00. The number of nitrogens with zero attached hydrogens (tertiary/aromatic N) is 1. The molecule has 0 unspecified atom stereocenters. The van der Waals surface area contributed by atoms with Crippen molar-refractivity contribution in [3.63, 3.8) is 0 Å². The molecule has 2 aliphatic rings. The molecule has 0 bridgehead atoms. The summed E-state index contributed by atoms with van der Waals surface area (Å²) in [5, 5.41) is 6.28. The number of amides is 1. The van der Waals surface area contributed by atoms with Crippen LogP contribution in [0.3, 0.4) is 0 Å². The number of aromatic nitrogens is 1. The fraction of sp³-hybridized carbons (Fsp3) is 0.429. The van der Waals surface area contributed by atoms with Crippen molar-refractivity contribution in [3.05, 3.63) is 36.2 Å². The molecule has 19 heavy (non-hydrogen) atoms. The van der Waals surface area contributed by atoms with Crippen molar-refractivity contribution in [3.8, 4) is 0 Å². The van der Waals surface area contributed by atoms with Crippen molar-refractivity contribution in [2.75, 3.05) is 19.6 Å². The molecule has 0 saturated carbocycles. The number of carbonyl (C=O) groups is 2. The van der Waals surface area contributed by atoms with Gasteiger partial charge < -0.3 is 10.6 Å². The summed E-state index contributed by atoms with van der Waals surface area (Å²) >= 11 is 0. The van der Waals surface area contributed by atoms with Gasteiger partial charge in [-0.3, -0.25) is 14.2 Å². The van der Waals surface area contributed by atoms with Crippen LogP contribution in [0.25, 0.3) is 0 Å². The number of fused-ring (bicyclic) bond motifs is 2. The Morgan fingerprint density at radius 2 is 2.16 bits per heavy atom. The number of hydrogen-bond acceptors (Lipinski definition) is 3. The Kier molecular flexibility index (Phi) is 2.78. The lowest BCUT2D eigenvalue weighted by Crippen LogP contribution is -2.53. The molecular formula is C14H17N3O2. The number of allylic oxidation sites excluding steroid dienone is 1. The topological polar surface area (TPSA) is 63.1 Å². The van der Waals surface area contributed by atoms with Crippen molar-refractivity contribution in [1.29, 1.82) is 0 Å². The van der Waals surface area contributed by atoms with Crippen LogP contribution in [0.4, 0.5) is 0 Å². The molecule has 1 amide bonds. The molecule has 3 heterocycles. The van der Waals surface area contributed by atoms with E-state index >= 15 is 0 Å². The maximum Gasteiger partial charge on any atom is 0.254 e. The Labute approximate surface area is 111 Å². The largest absolute Gasteiger partial charge is 0.351 e. The first-order valence-corrected chi connectivity index (χ1v) is 6.55. The molecule has 100 valence electrons. The molecule has 1 saturated heterocycles. The summed E-state index contributed by atoms with van der Waals surface area (Å²) in [5.41, 5.74) is 1.36. The maximum atomic E-state index is 12.0. The fourth-order valence-electron chi connectivity index (χ4n) is 3.19. The monoisotopic (exact) mass is 259 g/mol. The normalized spacial score (nSPS) is 20.7. The van der Waals surface area contributed by atoms with Gasteiger partial charge >= 0.3 is 0 Å². The second-order valence-electron chi connectivity index (χ2n) is 5.20. The third-order valence-electron chi connectivity index (χ3n) is 4.19. The van der Waals surface area contributed by atoms with Gasteiger partial charge in [0.15, 0.2) is 0 Å². The predicted molar refractivity (Wildman–Crippen MR) is 71.4 cm³/mol. The lowest BCUT2D eigenvalue weighted by Gasteiger charge is -2.41. The average molecular weight is 259 g/mol. The van der Waals surface area contributed by atoms with E-state index in [1.807, 2.05) is 0 Å². The number of nitrogens with one attached hydrogen (secondary N) is 2. The summed E-state index contributed by atoms with van der Waals surface area (Å²) in [6, 6.07) is 1.73. The van der Waals surface area contributed by atoms with Crippen molar-refractivity contribution in [2.45, 2.75) is 18.3 Å². The van der Waals surface area contributed by atoms with Gasteiger partial charge in [0.1, 0.15) is 0 Å². The van der Waals surface area contributed by atoms with Crippen molar-refractivity contribution < 1.29 is 9.59 Å². The number of piperidine rings is 1. The predicted octanol–water partition coefficient (Wildman–Crippen LogP) is 0.679. The van der Waals surface area contributed by atoms with Gasteiger partial charge in [0, 0.05) is 23.9 Å². The van der Waals surface area contributed by atoms with E-state index in [9.17, 15) is 9.59 Å². The summed E-state index contributed by atoms with van der Waals surface area (Å²) < 4.78 is 1.59. The Morgan fingerprint density at radius 1 is 1.42 bits per heavy atom. The highest BCUT2D eigenvalue weighted by Gasteiger charge is 2.43. The van der Waals surface area contributed by atoms with E-state index in [-0.39, 0.29) is 17.2 Å². The molecule has 5 nitrogen and oxygen atoms in total. The van der Waals surface area contributed by atoms with Crippen LogP contribution in [0.2, 0.25) is 0 Å². The molecule has 5 heteroatoms. The van der Waals surface area contributed by atoms with Gasteiger partial charge in [-0.15, -0.1) is 0 Å². The zero-order valence-corrected chi connectivity index (χ0v) is 10.7. The minimum atomic E-state index is -0.172. The molecule has 0 atom stereocenters. The van der Waals surface area contributed by atoms with Crippen molar-refractivity contribution in [1.82, 2.24) is 15.2 Å².